The van der Waals surface area contributed by atoms with Gasteiger partial charge in [-0.05, 0) is 131 Å². The maximum absolute atomic E-state index is 12.0. The average Bonchev–Trinajstić information content (AvgIpc) is 2.98. The SMILES string of the molecule is C=CN=C(CCC(CCC(=NC=C)C(=O)O)C(C)(c1cc(Br)c(OCCO)c(Br)c1)c1cc(Br)c(OCCO)c(Br)c1)C(=O)O. The van der Waals surface area contributed by atoms with E-state index in [0.29, 0.717) is 42.2 Å². The van der Waals surface area contributed by atoms with Crippen LogP contribution in [0, 0.1) is 5.92 Å². The molecule has 0 aliphatic heterocycles. The number of hydrogen-bond donors (Lipinski definition) is 4. The summed E-state index contributed by atoms with van der Waals surface area (Å²) in [5.41, 5.74) is 0.527. The highest BCUT2D eigenvalue weighted by atomic mass is 79.9. The number of nitrogens with zero attached hydrogens (tertiary/aromatic N) is 2. The van der Waals surface area contributed by atoms with Crippen LogP contribution in [0.3, 0.4) is 0 Å². The summed E-state index contributed by atoms with van der Waals surface area (Å²) in [4.78, 5) is 31.9. The minimum atomic E-state index is -1.18. The maximum atomic E-state index is 12.0. The molecule has 10 nitrogen and oxygen atoms in total. The molecule has 244 valence electrons. The van der Waals surface area contributed by atoms with Gasteiger partial charge in [0.05, 0.1) is 31.1 Å². The first-order valence-electron chi connectivity index (χ1n) is 13.6. The minimum absolute atomic E-state index is 0.0721. The van der Waals surface area contributed by atoms with Crippen LogP contribution in [-0.2, 0) is 15.0 Å². The van der Waals surface area contributed by atoms with Crippen molar-refractivity contribution >= 4 is 87.1 Å². The Morgan fingerprint density at radius 2 is 1.11 bits per heavy atom. The van der Waals surface area contributed by atoms with Crippen molar-refractivity contribution in [2.24, 2.45) is 15.9 Å². The molecule has 0 bridgehead atoms. The Balaban J connectivity index is 2.89. The molecule has 0 radical (unpaired) electrons. The maximum Gasteiger partial charge on any atom is 0.350 e. The predicted molar refractivity (Wildman–Crippen MR) is 188 cm³/mol. The fraction of sp³-hybridized carbons (Fsp3) is 0.355. The molecule has 0 unspecified atom stereocenters. The van der Waals surface area contributed by atoms with Crippen LogP contribution in [0.2, 0.25) is 0 Å². The van der Waals surface area contributed by atoms with E-state index in [0.717, 1.165) is 11.1 Å². The van der Waals surface area contributed by atoms with Crippen molar-refractivity contribution in [2.45, 2.75) is 38.0 Å². The summed E-state index contributed by atoms with van der Waals surface area (Å²) in [5.74, 6) is -1.77. The molecule has 2 aromatic rings. The summed E-state index contributed by atoms with van der Waals surface area (Å²) in [7, 11) is 0. The fourth-order valence-electron chi connectivity index (χ4n) is 4.95. The lowest BCUT2D eigenvalue weighted by Crippen LogP contribution is -2.35. The monoisotopic (exact) mass is 878 g/mol. The Kier molecular flexibility index (Phi) is 16.1. The normalized spacial score (nSPS) is 12.9. The zero-order chi connectivity index (χ0) is 33.7. The van der Waals surface area contributed by atoms with Crippen LogP contribution in [-0.4, -0.2) is 70.2 Å². The number of hydrogen-bond acceptors (Lipinski definition) is 8. The molecule has 45 heavy (non-hydrogen) atoms. The van der Waals surface area contributed by atoms with Gasteiger partial charge in [-0.2, -0.15) is 0 Å². The molecule has 0 saturated carbocycles. The van der Waals surface area contributed by atoms with Gasteiger partial charge in [-0.15, -0.1) is 0 Å². The second-order valence-corrected chi connectivity index (χ2v) is 13.2. The van der Waals surface area contributed by atoms with E-state index in [-0.39, 0.29) is 56.6 Å². The van der Waals surface area contributed by atoms with Gasteiger partial charge in [0.1, 0.15) is 36.1 Å². The Hall–Kier alpha value is -2.36. The summed E-state index contributed by atoms with van der Waals surface area (Å²) in [6.45, 7) is 8.87. The number of benzene rings is 2. The Labute approximate surface area is 295 Å². The number of aliphatic carboxylic acids is 2. The first kappa shape index (κ1) is 38.8. The quantitative estimate of drug-likeness (QED) is 0.107. The third-order valence-electron chi connectivity index (χ3n) is 7.13. The number of ether oxygens (including phenoxy) is 2. The number of aliphatic hydroxyl groups excluding tert-OH is 2. The molecule has 0 amide bonds. The molecule has 0 saturated heterocycles. The van der Waals surface area contributed by atoms with Crippen LogP contribution in [0.1, 0.15) is 43.7 Å². The smallest absolute Gasteiger partial charge is 0.350 e. The molecule has 0 aromatic heterocycles. The van der Waals surface area contributed by atoms with E-state index in [9.17, 15) is 30.0 Å². The zero-order valence-electron chi connectivity index (χ0n) is 24.4. The van der Waals surface area contributed by atoms with E-state index in [2.05, 4.69) is 86.9 Å². The molecule has 0 atom stereocenters. The number of rotatable bonds is 19. The van der Waals surface area contributed by atoms with Gasteiger partial charge < -0.3 is 29.9 Å². The molecule has 0 aliphatic rings. The van der Waals surface area contributed by atoms with E-state index in [4.69, 9.17) is 9.47 Å². The third kappa shape index (κ3) is 10.3. The van der Waals surface area contributed by atoms with Gasteiger partial charge in [-0.25, -0.2) is 9.59 Å². The standard InChI is InChI=1S/C31H34Br4N2O8/c1-4-36-25(29(40)41)8-6-18(7-9-26(30(42)43)37-5-2)31(3,19-14-21(32)27(22(33)15-19)44-12-10-38)20-16-23(34)28(24(35)17-20)45-13-11-39/h4-5,14-18,38-39H,1-2,6-13H2,3H3,(H,40,41)(H,42,43). The van der Waals surface area contributed by atoms with E-state index in [1.807, 2.05) is 31.2 Å². The van der Waals surface area contributed by atoms with Crippen molar-refractivity contribution in [1.82, 2.24) is 0 Å². The Bertz CT molecular complexity index is 1310. The van der Waals surface area contributed by atoms with Crippen LogP contribution in [0.5, 0.6) is 11.5 Å². The largest absolute Gasteiger partial charge is 0.489 e. The number of carbonyl (C=O) groups is 2. The van der Waals surface area contributed by atoms with Crippen LogP contribution in [0.25, 0.3) is 0 Å². The molecule has 2 rings (SSSR count). The van der Waals surface area contributed by atoms with Gasteiger partial charge in [-0.1, -0.05) is 20.1 Å². The van der Waals surface area contributed by atoms with E-state index in [1.165, 1.54) is 12.4 Å². The van der Waals surface area contributed by atoms with Crippen molar-refractivity contribution in [3.8, 4) is 11.5 Å². The van der Waals surface area contributed by atoms with Gasteiger partial charge in [0, 0.05) is 17.8 Å². The topological polar surface area (TPSA) is 158 Å². The van der Waals surface area contributed by atoms with Crippen LogP contribution in [0.15, 0.2) is 77.7 Å². The van der Waals surface area contributed by atoms with E-state index < -0.39 is 17.4 Å². The molecule has 0 fully saturated rings. The summed E-state index contributed by atoms with van der Waals surface area (Å²) < 4.78 is 13.9. The highest BCUT2D eigenvalue weighted by Crippen LogP contribution is 2.49. The lowest BCUT2D eigenvalue weighted by molar-refractivity contribution is -0.130. The van der Waals surface area contributed by atoms with Gasteiger partial charge in [-0.3, -0.25) is 9.98 Å². The van der Waals surface area contributed by atoms with Crippen molar-refractivity contribution in [3.05, 3.63) is 78.8 Å². The van der Waals surface area contributed by atoms with Crippen molar-refractivity contribution in [2.75, 3.05) is 26.4 Å². The van der Waals surface area contributed by atoms with Crippen molar-refractivity contribution in [1.29, 1.82) is 0 Å². The highest BCUT2D eigenvalue weighted by Gasteiger charge is 2.40. The third-order valence-corrected chi connectivity index (χ3v) is 9.49. The zero-order valence-corrected chi connectivity index (χ0v) is 30.8. The number of halogens is 4. The molecule has 0 heterocycles. The van der Waals surface area contributed by atoms with Crippen molar-refractivity contribution in [3.63, 3.8) is 0 Å². The first-order valence-corrected chi connectivity index (χ1v) is 16.8. The Morgan fingerprint density at radius 1 is 0.778 bits per heavy atom. The summed E-state index contributed by atoms with van der Waals surface area (Å²) in [6.07, 6.45) is 3.09. The van der Waals surface area contributed by atoms with Crippen LogP contribution in [0.4, 0.5) is 0 Å². The molecule has 2 aromatic carbocycles. The van der Waals surface area contributed by atoms with E-state index in [1.54, 1.807) is 0 Å². The van der Waals surface area contributed by atoms with Crippen LogP contribution >= 0.6 is 63.7 Å². The highest BCUT2D eigenvalue weighted by molar-refractivity contribution is 9.11. The fourth-order valence-corrected chi connectivity index (χ4v) is 7.78. The minimum Gasteiger partial charge on any atom is -0.489 e. The van der Waals surface area contributed by atoms with Gasteiger partial charge in [0.25, 0.3) is 0 Å². The second kappa shape index (κ2) is 18.7. The number of carboxylic acid groups (broad SMARTS) is 2. The van der Waals surface area contributed by atoms with Gasteiger partial charge in [0.2, 0.25) is 0 Å². The average molecular weight is 882 g/mol. The van der Waals surface area contributed by atoms with Gasteiger partial charge in [0.15, 0.2) is 0 Å². The van der Waals surface area contributed by atoms with Crippen molar-refractivity contribution < 1.29 is 39.5 Å². The van der Waals surface area contributed by atoms with Gasteiger partial charge >= 0.3 is 11.9 Å². The molecular formula is C31H34Br4N2O8. The second-order valence-electron chi connectivity index (χ2n) is 9.79. The molecule has 0 aliphatic carbocycles. The lowest BCUT2D eigenvalue weighted by Gasteiger charge is -2.40. The number of aliphatic imine (C=N–C) groups is 2. The predicted octanol–water partition coefficient (Wildman–Crippen LogP) is 7.30. The first-order chi connectivity index (χ1) is 21.3. The number of carboxylic acids is 2. The number of aliphatic hydroxyl groups is 2. The lowest BCUT2D eigenvalue weighted by atomic mass is 9.64. The molecule has 14 heteroatoms. The summed E-state index contributed by atoms with van der Waals surface area (Å²) >= 11 is 14.4. The van der Waals surface area contributed by atoms with E-state index >= 15 is 0 Å². The molecular weight excluding hydrogens is 848 g/mol. The summed E-state index contributed by atoms with van der Waals surface area (Å²) in [6, 6.07) is 7.53. The Morgan fingerprint density at radius 3 is 1.38 bits per heavy atom. The van der Waals surface area contributed by atoms with Crippen LogP contribution < -0.4 is 9.47 Å². The summed E-state index contributed by atoms with van der Waals surface area (Å²) in [5, 5.41) is 38.2. The molecule has 0 spiro atoms. The molecule has 4 N–H and O–H groups in total.